The van der Waals surface area contributed by atoms with Crippen LogP contribution in [0.15, 0.2) is 48.5 Å². The number of nitrogens with one attached hydrogen (secondary N) is 1. The van der Waals surface area contributed by atoms with Crippen LogP contribution in [0.2, 0.25) is 0 Å². The molecule has 3 rings (SSSR count). The van der Waals surface area contributed by atoms with Crippen LogP contribution in [-0.4, -0.2) is 50.6 Å². The van der Waals surface area contributed by atoms with E-state index < -0.39 is 0 Å². The first-order chi connectivity index (χ1) is 13.5. The van der Waals surface area contributed by atoms with Gasteiger partial charge in [0.15, 0.2) is 11.5 Å². The van der Waals surface area contributed by atoms with Crippen LogP contribution in [0.5, 0.6) is 17.2 Å². The third-order valence-corrected chi connectivity index (χ3v) is 4.10. The molecule has 0 unspecified atom stereocenters. The number of rotatable bonds is 6. The van der Waals surface area contributed by atoms with E-state index in [-0.39, 0.29) is 18.4 Å². The Hall–Kier alpha value is -3.48. The molecular formula is C21H22N2O5. The van der Waals surface area contributed by atoms with Crippen molar-refractivity contribution in [1.82, 2.24) is 4.90 Å². The van der Waals surface area contributed by atoms with Gasteiger partial charge in [-0.3, -0.25) is 9.59 Å². The average Bonchev–Trinajstić information content (AvgIpc) is 2.71. The Morgan fingerprint density at radius 2 is 1.93 bits per heavy atom. The van der Waals surface area contributed by atoms with Gasteiger partial charge < -0.3 is 24.4 Å². The van der Waals surface area contributed by atoms with E-state index in [0.29, 0.717) is 36.1 Å². The molecule has 7 heteroatoms. The number of likely N-dealkylation sites (N-methyl/N-ethyl adjacent to an activating group) is 1. The third kappa shape index (κ3) is 5.03. The highest BCUT2D eigenvalue weighted by molar-refractivity contribution is 5.98. The number of methoxy groups -OCH3 is 1. The highest BCUT2D eigenvalue weighted by Crippen LogP contribution is 2.31. The first kappa shape index (κ1) is 19.3. The zero-order valence-corrected chi connectivity index (χ0v) is 15.8. The molecule has 7 nitrogen and oxygen atoms in total. The summed E-state index contributed by atoms with van der Waals surface area (Å²) < 4.78 is 16.1. The van der Waals surface area contributed by atoms with E-state index in [1.54, 1.807) is 44.5 Å². The zero-order chi connectivity index (χ0) is 19.9. The van der Waals surface area contributed by atoms with Gasteiger partial charge >= 0.3 is 0 Å². The minimum Gasteiger partial charge on any atom is -0.497 e. The van der Waals surface area contributed by atoms with E-state index in [4.69, 9.17) is 14.2 Å². The molecule has 2 aromatic carbocycles. The summed E-state index contributed by atoms with van der Waals surface area (Å²) in [5.74, 6) is 1.42. The number of benzene rings is 2. The molecule has 1 heterocycles. The minimum atomic E-state index is -0.295. The Kier molecular flexibility index (Phi) is 6.16. The maximum absolute atomic E-state index is 12.3. The van der Waals surface area contributed by atoms with Crippen LogP contribution < -0.4 is 19.5 Å². The maximum Gasteiger partial charge on any atom is 0.246 e. The van der Waals surface area contributed by atoms with E-state index in [1.165, 1.54) is 11.0 Å². The monoisotopic (exact) mass is 382 g/mol. The Morgan fingerprint density at radius 3 is 2.71 bits per heavy atom. The average molecular weight is 382 g/mol. The van der Waals surface area contributed by atoms with Gasteiger partial charge in [0.05, 0.1) is 13.7 Å². The Balaban J connectivity index is 1.55. The van der Waals surface area contributed by atoms with Gasteiger partial charge in [0, 0.05) is 24.9 Å². The number of amides is 2. The molecule has 0 aliphatic carbocycles. The van der Waals surface area contributed by atoms with E-state index in [1.807, 2.05) is 18.2 Å². The number of hydrogen-bond donors (Lipinski definition) is 1. The van der Waals surface area contributed by atoms with Gasteiger partial charge in [0.25, 0.3) is 0 Å². The van der Waals surface area contributed by atoms with Crippen molar-refractivity contribution in [3.05, 3.63) is 54.1 Å². The van der Waals surface area contributed by atoms with Gasteiger partial charge in [-0.15, -0.1) is 0 Å². The Bertz CT molecular complexity index is 894. The predicted molar refractivity (Wildman–Crippen MR) is 106 cm³/mol. The van der Waals surface area contributed by atoms with E-state index >= 15 is 0 Å². The van der Waals surface area contributed by atoms with Crippen LogP contribution in [0.25, 0.3) is 6.08 Å². The number of carbonyl (C=O) groups excluding carboxylic acids is 2. The molecule has 2 aromatic rings. The Labute approximate surface area is 163 Å². The second-order valence-corrected chi connectivity index (χ2v) is 6.21. The summed E-state index contributed by atoms with van der Waals surface area (Å²) in [7, 11) is 3.13. The molecule has 28 heavy (non-hydrogen) atoms. The van der Waals surface area contributed by atoms with Gasteiger partial charge in [-0.1, -0.05) is 12.1 Å². The standard InChI is InChI=1S/C21H22N2O5/c1-23(14-20(24)22-16-4-3-5-17(13-16)26-2)21(25)9-7-15-6-8-18-19(12-15)28-11-10-27-18/h3-9,12-13H,10-11,14H2,1-2H3,(H,22,24)/b9-7+. The fourth-order valence-corrected chi connectivity index (χ4v) is 2.65. The van der Waals surface area contributed by atoms with E-state index in [0.717, 1.165) is 5.56 Å². The van der Waals surface area contributed by atoms with Crippen molar-refractivity contribution >= 4 is 23.6 Å². The molecule has 0 radical (unpaired) electrons. The molecule has 0 aromatic heterocycles. The molecule has 1 aliphatic heterocycles. The summed E-state index contributed by atoms with van der Waals surface area (Å²) in [6.45, 7) is 0.967. The smallest absolute Gasteiger partial charge is 0.246 e. The largest absolute Gasteiger partial charge is 0.497 e. The molecule has 2 amide bonds. The molecule has 0 saturated heterocycles. The quantitative estimate of drug-likeness (QED) is 0.777. The summed E-state index contributed by atoms with van der Waals surface area (Å²) in [4.78, 5) is 25.8. The molecule has 0 bridgehead atoms. The fourth-order valence-electron chi connectivity index (χ4n) is 2.65. The molecule has 0 fully saturated rings. The van der Waals surface area contributed by atoms with Crippen LogP contribution in [0.3, 0.4) is 0 Å². The summed E-state index contributed by atoms with van der Waals surface area (Å²) in [5.41, 5.74) is 1.42. The molecule has 0 atom stereocenters. The lowest BCUT2D eigenvalue weighted by Crippen LogP contribution is -2.33. The summed E-state index contributed by atoms with van der Waals surface area (Å²) in [6.07, 6.45) is 3.10. The van der Waals surface area contributed by atoms with Gasteiger partial charge in [-0.2, -0.15) is 0 Å². The van der Waals surface area contributed by atoms with Crippen molar-refractivity contribution in [2.45, 2.75) is 0 Å². The first-order valence-electron chi connectivity index (χ1n) is 8.82. The number of hydrogen-bond acceptors (Lipinski definition) is 5. The number of ether oxygens (including phenoxy) is 3. The van der Waals surface area contributed by atoms with E-state index in [2.05, 4.69) is 5.32 Å². The number of fused-ring (bicyclic) bond motifs is 1. The van der Waals surface area contributed by atoms with E-state index in [9.17, 15) is 9.59 Å². The first-order valence-corrected chi connectivity index (χ1v) is 8.82. The number of carbonyl (C=O) groups is 2. The molecular weight excluding hydrogens is 360 g/mol. The van der Waals surface area contributed by atoms with Crippen molar-refractivity contribution < 1.29 is 23.8 Å². The maximum atomic E-state index is 12.3. The van der Waals surface area contributed by atoms with Gasteiger partial charge in [0.1, 0.15) is 19.0 Å². The lowest BCUT2D eigenvalue weighted by molar-refractivity contribution is -0.129. The van der Waals surface area contributed by atoms with Crippen LogP contribution >= 0.6 is 0 Å². The fraction of sp³-hybridized carbons (Fsp3) is 0.238. The highest BCUT2D eigenvalue weighted by atomic mass is 16.6. The normalized spacial score (nSPS) is 12.5. The molecule has 0 spiro atoms. The number of nitrogens with zero attached hydrogens (tertiary/aromatic N) is 1. The number of anilines is 1. The third-order valence-electron chi connectivity index (χ3n) is 4.10. The highest BCUT2D eigenvalue weighted by Gasteiger charge is 2.13. The minimum absolute atomic E-state index is 0.0679. The van der Waals surface area contributed by atoms with Crippen molar-refractivity contribution in [3.63, 3.8) is 0 Å². The molecule has 1 aliphatic rings. The van der Waals surface area contributed by atoms with Gasteiger partial charge in [0.2, 0.25) is 11.8 Å². The second-order valence-electron chi connectivity index (χ2n) is 6.21. The van der Waals surface area contributed by atoms with Crippen molar-refractivity contribution in [3.8, 4) is 17.2 Å². The van der Waals surface area contributed by atoms with Crippen molar-refractivity contribution in [1.29, 1.82) is 0 Å². The van der Waals surface area contributed by atoms with Crippen molar-refractivity contribution in [2.24, 2.45) is 0 Å². The van der Waals surface area contributed by atoms with Gasteiger partial charge in [-0.05, 0) is 35.9 Å². The summed E-state index contributed by atoms with van der Waals surface area (Å²) in [5, 5.41) is 2.74. The Morgan fingerprint density at radius 1 is 1.14 bits per heavy atom. The van der Waals surface area contributed by atoms with Crippen LogP contribution in [0, 0.1) is 0 Å². The lowest BCUT2D eigenvalue weighted by Gasteiger charge is -2.18. The molecule has 146 valence electrons. The second kappa shape index (κ2) is 8.94. The lowest BCUT2D eigenvalue weighted by atomic mass is 10.2. The summed E-state index contributed by atoms with van der Waals surface area (Å²) in [6, 6.07) is 12.5. The predicted octanol–water partition coefficient (Wildman–Crippen LogP) is 2.58. The summed E-state index contributed by atoms with van der Waals surface area (Å²) >= 11 is 0. The van der Waals surface area contributed by atoms with Crippen LogP contribution in [0.1, 0.15) is 5.56 Å². The zero-order valence-electron chi connectivity index (χ0n) is 15.8. The van der Waals surface area contributed by atoms with Crippen LogP contribution in [0.4, 0.5) is 5.69 Å². The van der Waals surface area contributed by atoms with Gasteiger partial charge in [-0.25, -0.2) is 0 Å². The molecule has 0 saturated carbocycles. The van der Waals surface area contributed by atoms with Crippen molar-refractivity contribution in [2.75, 3.05) is 39.2 Å². The SMILES string of the molecule is COc1cccc(NC(=O)CN(C)C(=O)/C=C/c2ccc3c(c2)OCCO3)c1. The molecule has 1 N–H and O–H groups in total. The van der Waals surface area contributed by atoms with Crippen LogP contribution in [-0.2, 0) is 9.59 Å². The topological polar surface area (TPSA) is 77.1 Å².